The number of amides is 2. The van der Waals surface area contributed by atoms with Gasteiger partial charge in [0, 0.05) is 40.2 Å². The number of pyridine rings is 1. The summed E-state index contributed by atoms with van der Waals surface area (Å²) in [4.78, 5) is 16.0. The topological polar surface area (TPSA) is 66.1 Å². The van der Waals surface area contributed by atoms with Crippen molar-refractivity contribution in [3.8, 4) is 0 Å². The highest BCUT2D eigenvalue weighted by atomic mass is 35.5. The average Bonchev–Trinajstić information content (AvgIpc) is 2.58. The molecular formula is C18H15ClN4O. The SMILES string of the molecule is O=C(Nc1ccc(Cl)cc1)Nc1cccc(Nc2ccncc2)c1. The van der Waals surface area contributed by atoms with Gasteiger partial charge in [-0.1, -0.05) is 17.7 Å². The molecule has 0 aliphatic carbocycles. The number of hydrogen-bond donors (Lipinski definition) is 3. The first-order valence-corrected chi connectivity index (χ1v) is 7.67. The summed E-state index contributed by atoms with van der Waals surface area (Å²) < 4.78 is 0. The summed E-state index contributed by atoms with van der Waals surface area (Å²) >= 11 is 5.82. The molecule has 2 amide bonds. The number of nitrogens with one attached hydrogen (secondary N) is 3. The minimum atomic E-state index is -0.321. The van der Waals surface area contributed by atoms with E-state index in [4.69, 9.17) is 11.6 Å². The monoisotopic (exact) mass is 338 g/mol. The predicted molar refractivity (Wildman–Crippen MR) is 98.1 cm³/mol. The molecule has 0 atom stereocenters. The molecular weight excluding hydrogens is 324 g/mol. The summed E-state index contributed by atoms with van der Waals surface area (Å²) in [5.74, 6) is 0. The highest BCUT2D eigenvalue weighted by Gasteiger charge is 2.04. The summed E-state index contributed by atoms with van der Waals surface area (Å²) in [7, 11) is 0. The molecule has 120 valence electrons. The Labute approximate surface area is 144 Å². The molecule has 0 radical (unpaired) electrons. The number of rotatable bonds is 4. The van der Waals surface area contributed by atoms with Crippen LogP contribution in [-0.2, 0) is 0 Å². The van der Waals surface area contributed by atoms with E-state index >= 15 is 0 Å². The van der Waals surface area contributed by atoms with Gasteiger partial charge in [0.05, 0.1) is 0 Å². The van der Waals surface area contributed by atoms with Crippen LogP contribution in [-0.4, -0.2) is 11.0 Å². The van der Waals surface area contributed by atoms with Crippen molar-refractivity contribution in [3.05, 3.63) is 78.1 Å². The molecule has 0 bridgehead atoms. The van der Waals surface area contributed by atoms with Crippen molar-refractivity contribution < 1.29 is 4.79 Å². The lowest BCUT2D eigenvalue weighted by Gasteiger charge is -2.10. The van der Waals surface area contributed by atoms with Gasteiger partial charge in [0.2, 0.25) is 0 Å². The van der Waals surface area contributed by atoms with Gasteiger partial charge in [-0.15, -0.1) is 0 Å². The van der Waals surface area contributed by atoms with E-state index in [9.17, 15) is 4.79 Å². The number of carbonyl (C=O) groups excluding carboxylic acids is 1. The number of aromatic nitrogens is 1. The number of urea groups is 1. The summed E-state index contributed by atoms with van der Waals surface area (Å²) in [6.45, 7) is 0. The Morgan fingerprint density at radius 3 is 2.21 bits per heavy atom. The van der Waals surface area contributed by atoms with Crippen LogP contribution in [0.1, 0.15) is 0 Å². The van der Waals surface area contributed by atoms with E-state index < -0.39 is 0 Å². The van der Waals surface area contributed by atoms with Crippen molar-refractivity contribution in [2.75, 3.05) is 16.0 Å². The third kappa shape index (κ3) is 4.47. The number of anilines is 4. The lowest BCUT2D eigenvalue weighted by molar-refractivity contribution is 0.262. The maximum atomic E-state index is 12.1. The summed E-state index contributed by atoms with van der Waals surface area (Å²) in [5, 5.41) is 9.41. The van der Waals surface area contributed by atoms with Crippen molar-refractivity contribution in [2.45, 2.75) is 0 Å². The van der Waals surface area contributed by atoms with Crippen LogP contribution in [0.15, 0.2) is 73.1 Å². The van der Waals surface area contributed by atoms with E-state index in [0.29, 0.717) is 16.4 Å². The first kappa shape index (κ1) is 15.8. The zero-order chi connectivity index (χ0) is 16.8. The van der Waals surface area contributed by atoms with E-state index in [1.807, 2.05) is 36.4 Å². The summed E-state index contributed by atoms with van der Waals surface area (Å²) in [5.41, 5.74) is 3.14. The van der Waals surface area contributed by atoms with E-state index in [0.717, 1.165) is 11.4 Å². The molecule has 3 rings (SSSR count). The maximum Gasteiger partial charge on any atom is 0.323 e. The van der Waals surface area contributed by atoms with Crippen molar-refractivity contribution in [2.24, 2.45) is 0 Å². The standard InChI is InChI=1S/C18H15ClN4O/c19-13-4-6-14(7-5-13)22-18(24)23-17-3-1-2-16(12-17)21-15-8-10-20-11-9-15/h1-12H,(H,20,21)(H2,22,23,24). The zero-order valence-corrected chi connectivity index (χ0v) is 13.4. The molecule has 0 saturated carbocycles. The van der Waals surface area contributed by atoms with Gasteiger partial charge >= 0.3 is 6.03 Å². The van der Waals surface area contributed by atoms with Crippen molar-refractivity contribution >= 4 is 40.4 Å². The third-order valence-electron chi connectivity index (χ3n) is 3.19. The second-order valence-corrected chi connectivity index (χ2v) is 5.46. The Hall–Kier alpha value is -3.05. The second-order valence-electron chi connectivity index (χ2n) is 5.03. The van der Waals surface area contributed by atoms with E-state index in [-0.39, 0.29) is 6.03 Å². The Morgan fingerprint density at radius 2 is 1.46 bits per heavy atom. The molecule has 24 heavy (non-hydrogen) atoms. The van der Waals surface area contributed by atoms with Gasteiger partial charge in [-0.05, 0) is 54.6 Å². The van der Waals surface area contributed by atoms with E-state index in [1.165, 1.54) is 0 Å². The smallest absolute Gasteiger partial charge is 0.323 e. The number of hydrogen-bond acceptors (Lipinski definition) is 3. The Kier molecular flexibility index (Phi) is 4.93. The lowest BCUT2D eigenvalue weighted by atomic mass is 10.2. The Morgan fingerprint density at radius 1 is 0.792 bits per heavy atom. The zero-order valence-electron chi connectivity index (χ0n) is 12.7. The largest absolute Gasteiger partial charge is 0.355 e. The van der Waals surface area contributed by atoms with Crippen LogP contribution in [0.2, 0.25) is 5.02 Å². The number of benzene rings is 2. The first-order valence-electron chi connectivity index (χ1n) is 7.30. The van der Waals surface area contributed by atoms with Gasteiger partial charge in [-0.25, -0.2) is 4.79 Å². The van der Waals surface area contributed by atoms with Crippen LogP contribution in [0.25, 0.3) is 0 Å². The van der Waals surface area contributed by atoms with Crippen LogP contribution in [0.4, 0.5) is 27.5 Å². The Bertz CT molecular complexity index is 822. The molecule has 0 saturated heterocycles. The Balaban J connectivity index is 1.63. The van der Waals surface area contributed by atoms with Gasteiger partial charge in [-0.2, -0.15) is 0 Å². The van der Waals surface area contributed by atoms with Gasteiger partial charge in [0.1, 0.15) is 0 Å². The van der Waals surface area contributed by atoms with Crippen LogP contribution in [0, 0.1) is 0 Å². The van der Waals surface area contributed by atoms with Crippen molar-refractivity contribution in [3.63, 3.8) is 0 Å². The molecule has 3 N–H and O–H groups in total. The normalized spacial score (nSPS) is 10.0. The van der Waals surface area contributed by atoms with Crippen molar-refractivity contribution in [1.82, 2.24) is 4.98 Å². The molecule has 0 unspecified atom stereocenters. The average molecular weight is 339 g/mol. The minimum Gasteiger partial charge on any atom is -0.355 e. The number of carbonyl (C=O) groups is 1. The highest BCUT2D eigenvalue weighted by Crippen LogP contribution is 2.20. The molecule has 0 spiro atoms. The molecule has 0 aliphatic heterocycles. The summed E-state index contributed by atoms with van der Waals surface area (Å²) in [6.07, 6.45) is 3.42. The number of halogens is 1. The molecule has 1 heterocycles. The van der Waals surface area contributed by atoms with E-state index in [2.05, 4.69) is 20.9 Å². The van der Waals surface area contributed by atoms with Crippen LogP contribution >= 0.6 is 11.6 Å². The molecule has 2 aromatic carbocycles. The first-order chi connectivity index (χ1) is 11.7. The molecule has 3 aromatic rings. The molecule has 6 heteroatoms. The molecule has 1 aromatic heterocycles. The van der Waals surface area contributed by atoms with Gasteiger partial charge in [0.25, 0.3) is 0 Å². The molecule has 0 aliphatic rings. The quantitative estimate of drug-likeness (QED) is 0.618. The summed E-state index contributed by atoms with van der Waals surface area (Å²) in [6, 6.07) is 17.8. The van der Waals surface area contributed by atoms with Crippen LogP contribution in [0.5, 0.6) is 0 Å². The van der Waals surface area contributed by atoms with Crippen molar-refractivity contribution in [1.29, 1.82) is 0 Å². The van der Waals surface area contributed by atoms with E-state index in [1.54, 1.807) is 36.7 Å². The fraction of sp³-hybridized carbons (Fsp3) is 0. The second kappa shape index (κ2) is 7.48. The highest BCUT2D eigenvalue weighted by molar-refractivity contribution is 6.30. The molecule has 5 nitrogen and oxygen atoms in total. The fourth-order valence-electron chi connectivity index (χ4n) is 2.10. The van der Waals surface area contributed by atoms with Crippen LogP contribution in [0.3, 0.4) is 0 Å². The van der Waals surface area contributed by atoms with Crippen LogP contribution < -0.4 is 16.0 Å². The van der Waals surface area contributed by atoms with Gasteiger partial charge < -0.3 is 16.0 Å². The maximum absolute atomic E-state index is 12.1. The van der Waals surface area contributed by atoms with Gasteiger partial charge in [0.15, 0.2) is 0 Å². The lowest BCUT2D eigenvalue weighted by Crippen LogP contribution is -2.19. The predicted octanol–water partition coefficient (Wildman–Crippen LogP) is 5.12. The fourth-order valence-corrected chi connectivity index (χ4v) is 2.23. The third-order valence-corrected chi connectivity index (χ3v) is 3.44. The molecule has 0 fully saturated rings. The van der Waals surface area contributed by atoms with Gasteiger partial charge in [-0.3, -0.25) is 4.98 Å². The minimum absolute atomic E-state index is 0.321. The number of nitrogens with zero attached hydrogens (tertiary/aromatic N) is 1.